The van der Waals surface area contributed by atoms with E-state index in [2.05, 4.69) is 61.8 Å². The lowest BCUT2D eigenvalue weighted by atomic mass is 9.88. The van der Waals surface area contributed by atoms with Crippen LogP contribution in [0.25, 0.3) is 0 Å². The van der Waals surface area contributed by atoms with Gasteiger partial charge in [0, 0.05) is 44.0 Å². The van der Waals surface area contributed by atoms with Crippen LogP contribution in [0.2, 0.25) is 0 Å². The number of likely N-dealkylation sites (tertiary alicyclic amines) is 1. The highest BCUT2D eigenvalue weighted by Gasteiger charge is 2.29. The minimum atomic E-state index is -0.627. The normalized spacial score (nSPS) is 21.1. The summed E-state index contributed by atoms with van der Waals surface area (Å²) >= 11 is 0. The van der Waals surface area contributed by atoms with Crippen LogP contribution in [-0.2, 0) is 13.1 Å². The number of benzene rings is 2. The van der Waals surface area contributed by atoms with E-state index in [1.807, 2.05) is 17.0 Å². The third-order valence-corrected chi connectivity index (χ3v) is 10.2. The van der Waals surface area contributed by atoms with Gasteiger partial charge in [0.1, 0.15) is 5.82 Å². The zero-order valence-electron chi connectivity index (χ0n) is 26.0. The largest absolute Gasteiger partial charge is 0.364 e. The molecule has 1 aliphatic carbocycles. The molecule has 1 unspecified atom stereocenters. The number of fused-ring (bicyclic) bond motifs is 1. The Balaban J connectivity index is 0.981. The summed E-state index contributed by atoms with van der Waals surface area (Å²) < 4.78 is 0. The van der Waals surface area contributed by atoms with Crippen molar-refractivity contribution in [3.63, 3.8) is 0 Å². The molecule has 1 saturated carbocycles. The maximum Gasteiger partial charge on any atom is 0.318 e. The third-order valence-electron chi connectivity index (χ3n) is 10.2. The van der Waals surface area contributed by atoms with Crippen molar-refractivity contribution in [3.8, 4) is 0 Å². The van der Waals surface area contributed by atoms with Gasteiger partial charge in [-0.05, 0) is 86.4 Å². The number of aromatic nitrogens is 2. The van der Waals surface area contributed by atoms with Gasteiger partial charge in [-0.1, -0.05) is 49.2 Å². The second-order valence-electron chi connectivity index (χ2n) is 13.1. The number of primary amides is 1. The van der Waals surface area contributed by atoms with Crippen LogP contribution < -0.4 is 21.3 Å². The first kappa shape index (κ1) is 29.5. The number of carbonyl (C=O) groups excluding carboxylic acids is 2. The van der Waals surface area contributed by atoms with Crippen molar-refractivity contribution in [1.82, 2.24) is 25.1 Å². The molecule has 3 aromatic rings. The Morgan fingerprint density at radius 3 is 2.24 bits per heavy atom. The van der Waals surface area contributed by atoms with Crippen molar-refractivity contribution in [2.24, 2.45) is 5.73 Å². The van der Waals surface area contributed by atoms with Crippen LogP contribution in [0, 0.1) is 0 Å². The molecule has 10 heteroatoms. The molecule has 1 atom stereocenters. The Morgan fingerprint density at radius 1 is 0.844 bits per heavy atom. The van der Waals surface area contributed by atoms with E-state index in [-0.39, 0.29) is 17.8 Å². The fraction of sp³-hybridized carbons (Fsp3) is 0.486. The highest BCUT2D eigenvalue weighted by Crippen LogP contribution is 2.33. The standard InChI is InChI=1S/C35H44N8O2/c36-33(44)32-34(38-28-13-11-24(12-14-28)25-15-18-41(19-16-25)30-9-3-4-10-30)40-31(20-37-32)42-17-5-8-29(23-42)39-35(45)43-21-26-6-1-2-7-27(26)22-43/h1-2,6-7,11-14,20,25,29-30H,3-5,8-10,15-19,21-23H2,(H2,36,44)(H,38,40)(H,39,45). The predicted octanol–water partition coefficient (Wildman–Crippen LogP) is 5.14. The van der Waals surface area contributed by atoms with Gasteiger partial charge in [-0.2, -0.15) is 0 Å². The summed E-state index contributed by atoms with van der Waals surface area (Å²) in [6.07, 6.45) is 11.3. The lowest BCUT2D eigenvalue weighted by Crippen LogP contribution is -2.51. The zero-order chi connectivity index (χ0) is 30.8. The number of anilines is 3. The van der Waals surface area contributed by atoms with Crippen molar-refractivity contribution >= 4 is 29.3 Å². The fourth-order valence-electron chi connectivity index (χ4n) is 7.69. The second-order valence-corrected chi connectivity index (χ2v) is 13.1. The summed E-state index contributed by atoms with van der Waals surface area (Å²) in [7, 11) is 0. The van der Waals surface area contributed by atoms with Gasteiger partial charge in [-0.25, -0.2) is 14.8 Å². The van der Waals surface area contributed by atoms with E-state index >= 15 is 0 Å². The minimum Gasteiger partial charge on any atom is -0.364 e. The van der Waals surface area contributed by atoms with Gasteiger partial charge in [0.15, 0.2) is 11.5 Å². The van der Waals surface area contributed by atoms with Gasteiger partial charge in [0.2, 0.25) is 0 Å². The van der Waals surface area contributed by atoms with E-state index in [4.69, 9.17) is 10.7 Å². The Bertz CT molecular complexity index is 1490. The molecular weight excluding hydrogens is 564 g/mol. The summed E-state index contributed by atoms with van der Waals surface area (Å²) in [5.41, 5.74) is 10.4. The molecule has 2 saturated heterocycles. The molecule has 2 aromatic carbocycles. The average Bonchev–Trinajstić information content (AvgIpc) is 3.76. The minimum absolute atomic E-state index is 0.0124. The lowest BCUT2D eigenvalue weighted by molar-refractivity contribution is 0.0996. The Hall–Kier alpha value is -4.18. The first-order chi connectivity index (χ1) is 22.0. The first-order valence-electron chi connectivity index (χ1n) is 16.7. The lowest BCUT2D eigenvalue weighted by Gasteiger charge is -2.36. The number of nitrogens with zero attached hydrogens (tertiary/aromatic N) is 5. The van der Waals surface area contributed by atoms with Crippen molar-refractivity contribution in [2.75, 3.05) is 36.4 Å². The van der Waals surface area contributed by atoms with Gasteiger partial charge in [0.05, 0.1) is 6.20 Å². The zero-order valence-corrected chi connectivity index (χ0v) is 26.0. The SMILES string of the molecule is NC(=O)c1ncc(N2CCCC(NC(=O)N3Cc4ccccc4C3)C2)nc1Nc1ccc(C2CCN(C3CCCC3)CC2)cc1. The molecule has 4 heterocycles. The molecule has 0 spiro atoms. The predicted molar refractivity (Wildman–Crippen MR) is 176 cm³/mol. The van der Waals surface area contributed by atoms with Gasteiger partial charge in [0.25, 0.3) is 5.91 Å². The van der Waals surface area contributed by atoms with Crippen LogP contribution in [0.3, 0.4) is 0 Å². The van der Waals surface area contributed by atoms with Gasteiger partial charge in [-0.15, -0.1) is 0 Å². The molecule has 10 nitrogen and oxygen atoms in total. The topological polar surface area (TPSA) is 120 Å². The fourth-order valence-corrected chi connectivity index (χ4v) is 7.69. The number of rotatable bonds is 7. The molecule has 4 aliphatic rings. The van der Waals surface area contributed by atoms with Crippen LogP contribution in [0.1, 0.15) is 84.5 Å². The molecular formula is C35H44N8O2. The maximum absolute atomic E-state index is 13.1. The molecule has 3 aliphatic heterocycles. The van der Waals surface area contributed by atoms with E-state index in [0.29, 0.717) is 37.2 Å². The summed E-state index contributed by atoms with van der Waals surface area (Å²) in [5.74, 6) is 0.950. The summed E-state index contributed by atoms with van der Waals surface area (Å²) in [6, 6.07) is 17.4. The number of amides is 3. The number of nitrogens with one attached hydrogen (secondary N) is 2. The van der Waals surface area contributed by atoms with Crippen LogP contribution in [0.4, 0.5) is 22.1 Å². The molecule has 3 amide bonds. The number of carbonyl (C=O) groups is 2. The average molecular weight is 609 g/mol. The highest BCUT2D eigenvalue weighted by molar-refractivity contribution is 5.96. The van der Waals surface area contributed by atoms with Gasteiger partial charge < -0.3 is 31.1 Å². The van der Waals surface area contributed by atoms with E-state index in [1.165, 1.54) is 68.3 Å². The highest BCUT2D eigenvalue weighted by atomic mass is 16.2. The van der Waals surface area contributed by atoms with Gasteiger partial charge in [-0.3, -0.25) is 4.79 Å². The summed E-state index contributed by atoms with van der Waals surface area (Å²) in [5, 5.41) is 6.54. The molecule has 1 aromatic heterocycles. The van der Waals surface area contributed by atoms with E-state index in [0.717, 1.165) is 31.1 Å². The molecule has 0 radical (unpaired) electrons. The number of nitrogens with two attached hydrogens (primary N) is 1. The van der Waals surface area contributed by atoms with Crippen LogP contribution in [-0.4, -0.2) is 70.0 Å². The monoisotopic (exact) mass is 608 g/mol. The molecule has 3 fully saturated rings. The van der Waals surface area contributed by atoms with Gasteiger partial charge >= 0.3 is 6.03 Å². The van der Waals surface area contributed by atoms with E-state index in [1.54, 1.807) is 6.20 Å². The summed E-state index contributed by atoms with van der Waals surface area (Å²) in [4.78, 5) is 41.3. The third kappa shape index (κ3) is 6.61. The number of urea groups is 1. The summed E-state index contributed by atoms with van der Waals surface area (Å²) in [6.45, 7) is 5.05. The van der Waals surface area contributed by atoms with Crippen molar-refractivity contribution in [1.29, 1.82) is 0 Å². The molecule has 45 heavy (non-hydrogen) atoms. The number of hydrogen-bond acceptors (Lipinski definition) is 7. The first-order valence-corrected chi connectivity index (χ1v) is 16.7. The quantitative estimate of drug-likeness (QED) is 0.340. The molecule has 4 N–H and O–H groups in total. The van der Waals surface area contributed by atoms with E-state index in [9.17, 15) is 9.59 Å². The Kier molecular flexibility index (Phi) is 8.56. The van der Waals surface area contributed by atoms with Crippen LogP contribution in [0.5, 0.6) is 0 Å². The van der Waals surface area contributed by atoms with Crippen molar-refractivity contribution in [2.45, 2.75) is 82.5 Å². The molecule has 7 rings (SSSR count). The second kappa shape index (κ2) is 13.0. The molecule has 236 valence electrons. The molecule has 0 bridgehead atoms. The van der Waals surface area contributed by atoms with E-state index < -0.39 is 5.91 Å². The maximum atomic E-state index is 13.1. The van der Waals surface area contributed by atoms with Crippen LogP contribution >= 0.6 is 0 Å². The Labute approximate surface area is 265 Å². The number of piperidine rings is 2. The van der Waals surface area contributed by atoms with Crippen molar-refractivity contribution < 1.29 is 9.59 Å². The number of hydrogen-bond donors (Lipinski definition) is 3. The smallest absolute Gasteiger partial charge is 0.318 e. The van der Waals surface area contributed by atoms with Crippen LogP contribution in [0.15, 0.2) is 54.7 Å². The van der Waals surface area contributed by atoms with Crippen molar-refractivity contribution in [3.05, 3.63) is 77.1 Å². The Morgan fingerprint density at radius 2 is 1.56 bits per heavy atom.